The van der Waals surface area contributed by atoms with E-state index in [1.807, 2.05) is 6.07 Å². The maximum atomic E-state index is 13.9. The zero-order valence-electron chi connectivity index (χ0n) is 9.38. The Kier molecular flexibility index (Phi) is 4.47. The number of thioether (sulfide) groups is 1. The molecule has 0 unspecified atom stereocenters. The van der Waals surface area contributed by atoms with Crippen molar-refractivity contribution in [3.63, 3.8) is 0 Å². The number of halogens is 2. The summed E-state index contributed by atoms with van der Waals surface area (Å²) < 4.78 is 14.2. The summed E-state index contributed by atoms with van der Waals surface area (Å²) in [5.74, 6) is 1.41. The summed E-state index contributed by atoms with van der Waals surface area (Å²) in [4.78, 5) is 0.641. The summed E-state index contributed by atoms with van der Waals surface area (Å²) in [7, 11) is 0. The van der Waals surface area contributed by atoms with Crippen LogP contribution in [0.4, 0.5) is 4.39 Å². The third-order valence-electron chi connectivity index (χ3n) is 3.12. The molecule has 1 aromatic carbocycles. The number of nitriles is 1. The van der Waals surface area contributed by atoms with Crippen LogP contribution in [0.1, 0.15) is 31.2 Å². The van der Waals surface area contributed by atoms with Crippen LogP contribution in [-0.2, 0) is 0 Å². The first-order valence-electron chi connectivity index (χ1n) is 5.73. The minimum Gasteiger partial charge on any atom is -0.204 e. The molecule has 1 aliphatic rings. The van der Waals surface area contributed by atoms with Crippen molar-refractivity contribution in [3.8, 4) is 6.07 Å². The second-order valence-corrected chi connectivity index (χ2v) is 6.17. The molecule has 1 saturated carbocycles. The van der Waals surface area contributed by atoms with Crippen molar-refractivity contribution in [2.24, 2.45) is 5.92 Å². The minimum atomic E-state index is -0.299. The minimum absolute atomic E-state index is 0.288. The first-order valence-corrected chi connectivity index (χ1v) is 7.51. The number of rotatable bonds is 3. The van der Waals surface area contributed by atoms with Crippen molar-refractivity contribution in [2.45, 2.75) is 30.6 Å². The average Bonchev–Trinajstić information content (AvgIpc) is 2.84. The van der Waals surface area contributed by atoms with Crippen molar-refractivity contribution in [1.82, 2.24) is 0 Å². The molecule has 1 aliphatic carbocycles. The van der Waals surface area contributed by atoms with Crippen LogP contribution in [0.25, 0.3) is 0 Å². The summed E-state index contributed by atoms with van der Waals surface area (Å²) in [5.41, 5.74) is 0.354. The van der Waals surface area contributed by atoms with E-state index in [9.17, 15) is 4.39 Å². The molecule has 17 heavy (non-hydrogen) atoms. The smallest absolute Gasteiger partial charge is 0.152 e. The highest BCUT2D eigenvalue weighted by molar-refractivity contribution is 9.10. The Hall–Kier alpha value is -0.530. The van der Waals surface area contributed by atoms with E-state index in [4.69, 9.17) is 5.26 Å². The molecule has 0 saturated heterocycles. The predicted molar refractivity (Wildman–Crippen MR) is 71.5 cm³/mol. The topological polar surface area (TPSA) is 23.8 Å². The molecular weight excluding hydrogens is 301 g/mol. The summed E-state index contributed by atoms with van der Waals surface area (Å²) in [6.07, 6.45) is 5.16. The highest BCUT2D eigenvalue weighted by Gasteiger charge is 2.17. The highest BCUT2D eigenvalue weighted by Crippen LogP contribution is 2.34. The van der Waals surface area contributed by atoms with Crippen LogP contribution >= 0.6 is 27.7 Å². The van der Waals surface area contributed by atoms with Gasteiger partial charge in [-0.15, -0.1) is 11.8 Å². The van der Waals surface area contributed by atoms with Crippen molar-refractivity contribution in [2.75, 3.05) is 5.75 Å². The molecule has 0 amide bonds. The van der Waals surface area contributed by atoms with E-state index in [0.29, 0.717) is 10.5 Å². The van der Waals surface area contributed by atoms with Gasteiger partial charge in [-0.3, -0.25) is 0 Å². The first kappa shape index (κ1) is 12.9. The summed E-state index contributed by atoms with van der Waals surface area (Å²) in [6, 6.07) is 5.34. The lowest BCUT2D eigenvalue weighted by molar-refractivity contribution is 0.591. The Morgan fingerprint density at radius 2 is 2.12 bits per heavy atom. The van der Waals surface area contributed by atoms with Crippen LogP contribution in [0.3, 0.4) is 0 Å². The monoisotopic (exact) mass is 313 g/mol. The predicted octanol–water partition coefficient (Wildman–Crippen LogP) is 4.74. The van der Waals surface area contributed by atoms with Crippen molar-refractivity contribution < 1.29 is 4.39 Å². The van der Waals surface area contributed by atoms with Gasteiger partial charge in [-0.1, -0.05) is 12.8 Å². The van der Waals surface area contributed by atoms with Gasteiger partial charge in [-0.25, -0.2) is 4.39 Å². The molecule has 90 valence electrons. The number of benzene rings is 1. The molecule has 1 nitrogen and oxygen atoms in total. The first-order chi connectivity index (χ1) is 8.22. The Labute approximate surface area is 114 Å². The molecule has 1 aromatic rings. The Bertz CT molecular complexity index is 449. The zero-order valence-corrected chi connectivity index (χ0v) is 11.8. The molecule has 0 aliphatic heterocycles. The van der Waals surface area contributed by atoms with Crippen LogP contribution < -0.4 is 0 Å². The molecule has 0 aromatic heterocycles. The summed E-state index contributed by atoms with van der Waals surface area (Å²) in [6.45, 7) is 0. The van der Waals surface area contributed by atoms with Gasteiger partial charge in [0.05, 0.1) is 10.0 Å². The molecule has 0 spiro atoms. The maximum absolute atomic E-state index is 13.9. The Morgan fingerprint density at radius 3 is 2.76 bits per heavy atom. The van der Waals surface area contributed by atoms with Gasteiger partial charge in [0.1, 0.15) is 6.07 Å². The Balaban J connectivity index is 2.06. The molecule has 0 N–H and O–H groups in total. The van der Waals surface area contributed by atoms with Gasteiger partial charge < -0.3 is 0 Å². The van der Waals surface area contributed by atoms with E-state index >= 15 is 0 Å². The summed E-state index contributed by atoms with van der Waals surface area (Å²) >= 11 is 4.70. The van der Waals surface area contributed by atoms with Gasteiger partial charge in [-0.05, 0) is 46.8 Å². The van der Waals surface area contributed by atoms with Crippen LogP contribution in [-0.4, -0.2) is 5.75 Å². The highest BCUT2D eigenvalue weighted by atomic mass is 79.9. The van der Waals surface area contributed by atoms with Crippen LogP contribution in [0.15, 0.2) is 21.5 Å². The SMILES string of the molecule is N#Cc1ccc(SCC2CCCC2)c(F)c1Br. The van der Waals surface area contributed by atoms with E-state index in [2.05, 4.69) is 15.9 Å². The second-order valence-electron chi connectivity index (χ2n) is 4.31. The molecular formula is C13H13BrFNS. The van der Waals surface area contributed by atoms with Gasteiger partial charge in [0.2, 0.25) is 0 Å². The molecule has 2 rings (SSSR count). The third kappa shape index (κ3) is 3.02. The molecule has 4 heteroatoms. The fourth-order valence-electron chi connectivity index (χ4n) is 2.11. The van der Waals surface area contributed by atoms with Gasteiger partial charge in [-0.2, -0.15) is 5.26 Å². The van der Waals surface area contributed by atoms with Gasteiger partial charge in [0.15, 0.2) is 5.82 Å². The largest absolute Gasteiger partial charge is 0.204 e. The lowest BCUT2D eigenvalue weighted by atomic mass is 10.1. The standard InChI is InChI=1S/C13H13BrFNS/c14-12-10(7-16)5-6-11(13(12)15)17-8-9-3-1-2-4-9/h5-6,9H,1-4,8H2. The number of hydrogen-bond acceptors (Lipinski definition) is 2. The van der Waals surface area contributed by atoms with Crippen molar-refractivity contribution in [3.05, 3.63) is 28.0 Å². The molecule has 0 radical (unpaired) electrons. The normalized spacial score (nSPS) is 16.1. The molecule has 0 bridgehead atoms. The van der Waals surface area contributed by atoms with E-state index in [0.717, 1.165) is 11.7 Å². The Morgan fingerprint density at radius 1 is 1.41 bits per heavy atom. The van der Waals surface area contributed by atoms with E-state index in [1.54, 1.807) is 23.9 Å². The summed E-state index contributed by atoms with van der Waals surface area (Å²) in [5, 5.41) is 8.78. The van der Waals surface area contributed by atoms with Crippen LogP contribution in [0, 0.1) is 23.1 Å². The lowest BCUT2D eigenvalue weighted by Gasteiger charge is -2.09. The van der Waals surface area contributed by atoms with Gasteiger partial charge in [0, 0.05) is 10.6 Å². The van der Waals surface area contributed by atoms with E-state index in [-0.39, 0.29) is 10.3 Å². The second kappa shape index (κ2) is 5.88. The zero-order chi connectivity index (χ0) is 12.3. The van der Waals surface area contributed by atoms with Crippen LogP contribution in [0.5, 0.6) is 0 Å². The van der Waals surface area contributed by atoms with Gasteiger partial charge in [0.25, 0.3) is 0 Å². The molecule has 0 heterocycles. The molecule has 0 atom stereocenters. The van der Waals surface area contributed by atoms with Crippen molar-refractivity contribution >= 4 is 27.7 Å². The van der Waals surface area contributed by atoms with E-state index in [1.165, 1.54) is 25.7 Å². The van der Waals surface area contributed by atoms with Crippen LogP contribution in [0.2, 0.25) is 0 Å². The quantitative estimate of drug-likeness (QED) is 0.752. The fourth-order valence-corrected chi connectivity index (χ4v) is 3.82. The lowest BCUT2D eigenvalue weighted by Crippen LogP contribution is -1.97. The number of nitrogens with zero attached hydrogens (tertiary/aromatic N) is 1. The number of hydrogen-bond donors (Lipinski definition) is 0. The molecule has 1 fully saturated rings. The van der Waals surface area contributed by atoms with Gasteiger partial charge >= 0.3 is 0 Å². The third-order valence-corrected chi connectivity index (χ3v) is 5.16. The average molecular weight is 314 g/mol. The maximum Gasteiger partial charge on any atom is 0.152 e. The van der Waals surface area contributed by atoms with Crippen molar-refractivity contribution in [1.29, 1.82) is 5.26 Å². The van der Waals surface area contributed by atoms with E-state index < -0.39 is 0 Å². The fraction of sp³-hybridized carbons (Fsp3) is 0.462.